The topological polar surface area (TPSA) is 67.2 Å². The summed E-state index contributed by atoms with van der Waals surface area (Å²) in [5, 5.41) is 2.61. The van der Waals surface area contributed by atoms with Gasteiger partial charge in [-0.3, -0.25) is 9.59 Å². The summed E-state index contributed by atoms with van der Waals surface area (Å²) in [6, 6.07) is 11.6. The van der Waals surface area contributed by atoms with Crippen LogP contribution in [0.25, 0.3) is 11.0 Å². The first-order valence-electron chi connectivity index (χ1n) is 9.50. The molecule has 1 heterocycles. The third kappa shape index (κ3) is 5.39. The molecule has 0 bridgehead atoms. The summed E-state index contributed by atoms with van der Waals surface area (Å²) in [6.45, 7) is 0.979. The van der Waals surface area contributed by atoms with Crippen LogP contribution in [-0.4, -0.2) is 39.4 Å². The van der Waals surface area contributed by atoms with Gasteiger partial charge in [0.05, 0.1) is 17.6 Å². The highest BCUT2D eigenvalue weighted by atomic mass is 19.4. The lowest BCUT2D eigenvalue weighted by molar-refractivity contribution is -0.148. The van der Waals surface area contributed by atoms with Crippen molar-refractivity contribution in [2.75, 3.05) is 13.1 Å². The Labute approximate surface area is 175 Å². The van der Waals surface area contributed by atoms with Gasteiger partial charge in [0.1, 0.15) is 12.4 Å². The van der Waals surface area contributed by atoms with Gasteiger partial charge in [-0.05, 0) is 36.8 Å². The monoisotopic (exact) mass is 436 g/mol. The smallest absolute Gasteiger partial charge is 0.350 e. The average molecular weight is 436 g/mol. The fourth-order valence-electron chi connectivity index (χ4n) is 3.10. The van der Waals surface area contributed by atoms with Gasteiger partial charge in [0.2, 0.25) is 17.6 Å². The van der Waals surface area contributed by atoms with Crippen molar-refractivity contribution in [2.24, 2.45) is 0 Å². The molecule has 10 heteroatoms. The van der Waals surface area contributed by atoms with Gasteiger partial charge in [-0.25, -0.2) is 9.37 Å². The van der Waals surface area contributed by atoms with E-state index < -0.39 is 36.2 Å². The Bertz CT molecular complexity index is 1080. The molecule has 0 aliphatic carbocycles. The lowest BCUT2D eigenvalue weighted by Gasteiger charge is -2.21. The number of hydrogen-bond acceptors (Lipinski definition) is 3. The summed E-state index contributed by atoms with van der Waals surface area (Å²) in [4.78, 5) is 29.7. The Hall–Kier alpha value is -3.43. The molecule has 2 aromatic carbocycles. The third-order valence-electron chi connectivity index (χ3n) is 4.67. The third-order valence-corrected chi connectivity index (χ3v) is 4.67. The van der Waals surface area contributed by atoms with Crippen LogP contribution in [0.2, 0.25) is 0 Å². The van der Waals surface area contributed by atoms with E-state index in [4.69, 9.17) is 0 Å². The highest BCUT2D eigenvalue weighted by molar-refractivity contribution is 5.86. The fraction of sp³-hybridized carbons (Fsp3) is 0.286. The number of fused-ring (bicyclic) bond motifs is 1. The van der Waals surface area contributed by atoms with Crippen LogP contribution in [0.3, 0.4) is 0 Å². The van der Waals surface area contributed by atoms with Crippen molar-refractivity contribution in [1.29, 1.82) is 0 Å². The molecule has 0 spiro atoms. The first-order chi connectivity index (χ1) is 14.7. The molecule has 3 rings (SSSR count). The lowest BCUT2D eigenvalue weighted by Crippen LogP contribution is -2.42. The van der Waals surface area contributed by atoms with E-state index >= 15 is 0 Å². The van der Waals surface area contributed by atoms with E-state index in [9.17, 15) is 27.2 Å². The normalized spacial score (nSPS) is 11.5. The zero-order valence-corrected chi connectivity index (χ0v) is 16.6. The Balaban J connectivity index is 1.70. The van der Waals surface area contributed by atoms with Crippen molar-refractivity contribution in [3.05, 3.63) is 65.7 Å². The number of nitrogens with zero attached hydrogens (tertiary/aromatic N) is 3. The second-order valence-corrected chi connectivity index (χ2v) is 6.82. The maximum absolute atomic E-state index is 13.4. The van der Waals surface area contributed by atoms with E-state index in [-0.39, 0.29) is 30.7 Å². The molecule has 0 aliphatic rings. The molecule has 0 saturated carbocycles. The van der Waals surface area contributed by atoms with Gasteiger partial charge in [0, 0.05) is 13.1 Å². The molecular formula is C21H20F4N4O2. The number of imidazole rings is 1. The van der Waals surface area contributed by atoms with Crippen molar-refractivity contribution < 1.29 is 27.2 Å². The first kappa shape index (κ1) is 22.3. The largest absolute Gasteiger partial charge is 0.449 e. The fourth-order valence-corrected chi connectivity index (χ4v) is 3.10. The van der Waals surface area contributed by atoms with Gasteiger partial charge in [0.15, 0.2) is 0 Å². The number of aromatic nitrogens is 2. The minimum absolute atomic E-state index is 0.128. The van der Waals surface area contributed by atoms with E-state index in [0.29, 0.717) is 5.56 Å². The molecule has 3 aromatic rings. The van der Waals surface area contributed by atoms with Gasteiger partial charge in [0.25, 0.3) is 0 Å². The van der Waals surface area contributed by atoms with Crippen molar-refractivity contribution >= 4 is 22.8 Å². The van der Waals surface area contributed by atoms with Crippen molar-refractivity contribution in [1.82, 2.24) is 19.8 Å². The summed E-state index contributed by atoms with van der Waals surface area (Å²) in [6.07, 6.45) is -4.73. The SMILES string of the molecule is CCN(CC(=O)NCc1ccc(F)cc1)C(=O)Cn1c(C(F)(F)F)nc2ccccc21. The second-order valence-electron chi connectivity index (χ2n) is 6.82. The summed E-state index contributed by atoms with van der Waals surface area (Å²) in [7, 11) is 0. The van der Waals surface area contributed by atoms with E-state index in [1.807, 2.05) is 0 Å². The minimum atomic E-state index is -4.73. The van der Waals surface area contributed by atoms with Gasteiger partial charge in [-0.2, -0.15) is 13.2 Å². The van der Waals surface area contributed by atoms with Gasteiger partial charge in [-0.1, -0.05) is 24.3 Å². The highest BCUT2D eigenvalue weighted by Gasteiger charge is 2.38. The number of alkyl halides is 3. The van der Waals surface area contributed by atoms with Crippen LogP contribution < -0.4 is 5.32 Å². The zero-order chi connectivity index (χ0) is 22.6. The molecule has 6 nitrogen and oxygen atoms in total. The van der Waals surface area contributed by atoms with Crippen LogP contribution in [0.4, 0.5) is 17.6 Å². The molecule has 1 N–H and O–H groups in total. The summed E-state index contributed by atoms with van der Waals surface area (Å²) in [5.74, 6) is -2.69. The molecule has 1 aromatic heterocycles. The van der Waals surface area contributed by atoms with Crippen LogP contribution in [0.1, 0.15) is 18.3 Å². The number of nitrogens with one attached hydrogen (secondary N) is 1. The number of carbonyl (C=O) groups is 2. The molecule has 2 amide bonds. The average Bonchev–Trinajstić information content (AvgIpc) is 3.10. The lowest BCUT2D eigenvalue weighted by atomic mass is 10.2. The maximum Gasteiger partial charge on any atom is 0.449 e. The number of benzene rings is 2. The Morgan fingerprint density at radius 1 is 1.10 bits per heavy atom. The second kappa shape index (κ2) is 9.15. The summed E-state index contributed by atoms with van der Waals surface area (Å²) >= 11 is 0. The van der Waals surface area contributed by atoms with E-state index in [1.165, 1.54) is 36.4 Å². The molecule has 0 radical (unpaired) electrons. The molecule has 0 atom stereocenters. The predicted molar refractivity (Wildman–Crippen MR) is 105 cm³/mol. The number of halogens is 4. The number of carbonyl (C=O) groups excluding carboxylic acids is 2. The van der Waals surface area contributed by atoms with E-state index in [2.05, 4.69) is 10.3 Å². The molecular weight excluding hydrogens is 416 g/mol. The van der Waals surface area contributed by atoms with Crippen molar-refractivity contribution in [3.8, 4) is 0 Å². The Kier molecular flexibility index (Phi) is 6.57. The molecule has 164 valence electrons. The zero-order valence-electron chi connectivity index (χ0n) is 16.6. The van der Waals surface area contributed by atoms with Crippen LogP contribution in [0, 0.1) is 5.82 Å². The molecule has 0 unspecified atom stereocenters. The molecule has 0 saturated heterocycles. The summed E-state index contributed by atoms with van der Waals surface area (Å²) < 4.78 is 54.0. The van der Waals surface area contributed by atoms with Crippen molar-refractivity contribution in [3.63, 3.8) is 0 Å². The van der Waals surface area contributed by atoms with Crippen LogP contribution >= 0.6 is 0 Å². The van der Waals surface area contributed by atoms with Crippen LogP contribution in [0.15, 0.2) is 48.5 Å². The van der Waals surface area contributed by atoms with E-state index in [0.717, 1.165) is 9.47 Å². The van der Waals surface area contributed by atoms with Crippen molar-refractivity contribution in [2.45, 2.75) is 26.2 Å². The highest BCUT2D eigenvalue weighted by Crippen LogP contribution is 2.31. The predicted octanol–water partition coefficient (Wildman–Crippen LogP) is 3.36. The van der Waals surface area contributed by atoms with Crippen LogP contribution in [-0.2, 0) is 28.9 Å². The van der Waals surface area contributed by atoms with Crippen LogP contribution in [0.5, 0.6) is 0 Å². The van der Waals surface area contributed by atoms with E-state index in [1.54, 1.807) is 19.1 Å². The number of para-hydroxylation sites is 2. The number of likely N-dealkylation sites (N-methyl/N-ethyl adjacent to an activating group) is 1. The van der Waals surface area contributed by atoms with Gasteiger partial charge in [-0.15, -0.1) is 0 Å². The molecule has 0 aliphatic heterocycles. The molecule has 0 fully saturated rings. The Morgan fingerprint density at radius 2 is 1.77 bits per heavy atom. The number of amides is 2. The molecule has 31 heavy (non-hydrogen) atoms. The quantitative estimate of drug-likeness (QED) is 0.578. The minimum Gasteiger partial charge on any atom is -0.350 e. The van der Waals surface area contributed by atoms with Gasteiger partial charge >= 0.3 is 6.18 Å². The summed E-state index contributed by atoms with van der Waals surface area (Å²) in [5.41, 5.74) is 0.978. The standard InChI is InChI=1S/C21H20F4N4O2/c1-2-28(12-18(30)26-11-14-7-9-15(22)10-8-14)19(31)13-29-17-6-4-3-5-16(17)27-20(29)21(23,24)25/h3-10H,2,11-13H2,1H3,(H,26,30). The maximum atomic E-state index is 13.4. The number of rotatable bonds is 7. The first-order valence-corrected chi connectivity index (χ1v) is 9.50. The number of hydrogen-bond donors (Lipinski definition) is 1. The Morgan fingerprint density at radius 3 is 2.42 bits per heavy atom. The van der Waals surface area contributed by atoms with Gasteiger partial charge < -0.3 is 14.8 Å².